The average Bonchev–Trinajstić information content (AvgIpc) is 3.23. The van der Waals surface area contributed by atoms with Gasteiger partial charge in [0.15, 0.2) is 0 Å². The van der Waals surface area contributed by atoms with E-state index in [9.17, 15) is 18.8 Å². The summed E-state index contributed by atoms with van der Waals surface area (Å²) >= 11 is 0. The lowest BCUT2D eigenvalue weighted by Gasteiger charge is -2.48. The van der Waals surface area contributed by atoms with E-state index in [4.69, 9.17) is 0 Å². The van der Waals surface area contributed by atoms with Gasteiger partial charge in [0.1, 0.15) is 12.2 Å². The van der Waals surface area contributed by atoms with Gasteiger partial charge in [0.25, 0.3) is 0 Å². The number of benzene rings is 2. The lowest BCUT2D eigenvalue weighted by atomic mass is 9.78. The van der Waals surface area contributed by atoms with E-state index in [0.29, 0.717) is 19.0 Å². The number of alkyl halides is 1. The molecule has 2 heterocycles. The van der Waals surface area contributed by atoms with Gasteiger partial charge in [-0.3, -0.25) is 14.4 Å². The fourth-order valence-electron chi connectivity index (χ4n) is 5.30. The molecule has 36 heavy (non-hydrogen) atoms. The van der Waals surface area contributed by atoms with Gasteiger partial charge in [-0.1, -0.05) is 75.4 Å². The Morgan fingerprint density at radius 3 is 2.17 bits per heavy atom. The molecule has 0 radical (unpaired) electrons. The molecule has 6 nitrogen and oxygen atoms in total. The first kappa shape index (κ1) is 25.9. The predicted molar refractivity (Wildman–Crippen MR) is 137 cm³/mol. The molecule has 2 aromatic rings. The van der Waals surface area contributed by atoms with Crippen LogP contribution in [0.15, 0.2) is 54.6 Å². The monoisotopic (exact) mass is 493 g/mol. The van der Waals surface area contributed by atoms with Gasteiger partial charge in [-0.25, -0.2) is 4.39 Å². The van der Waals surface area contributed by atoms with Gasteiger partial charge in [0.2, 0.25) is 17.7 Å². The van der Waals surface area contributed by atoms with Gasteiger partial charge < -0.3 is 15.1 Å². The first-order valence-electron chi connectivity index (χ1n) is 12.7. The third kappa shape index (κ3) is 5.61. The van der Waals surface area contributed by atoms with E-state index >= 15 is 0 Å². The Balaban J connectivity index is 1.51. The number of hydrogen-bond acceptors (Lipinski definition) is 3. The number of rotatable bonds is 7. The van der Waals surface area contributed by atoms with Crippen LogP contribution in [-0.2, 0) is 14.4 Å². The second-order valence-corrected chi connectivity index (χ2v) is 10.9. The molecule has 0 aliphatic carbocycles. The molecule has 2 saturated heterocycles. The standard InChI is InChI=1S/C29H36FN3O3/c1-19(2)21-10-12-23(13-11-21)27(22-8-6-5-7-9-22)31-28(36)25-14-24(30)16-33(25)26(35)15-29(4)17-32(18-29)20(3)34/h5-13,19,24-25,27H,14-18H2,1-4H3,(H,31,36). The van der Waals surface area contributed by atoms with Crippen molar-refractivity contribution in [3.63, 3.8) is 0 Å². The maximum atomic E-state index is 14.5. The molecule has 0 spiro atoms. The van der Waals surface area contributed by atoms with Crippen molar-refractivity contribution in [3.05, 3.63) is 71.3 Å². The molecule has 2 aliphatic heterocycles. The third-order valence-electron chi connectivity index (χ3n) is 7.40. The Hall–Kier alpha value is -3.22. The molecule has 0 bridgehead atoms. The minimum Gasteiger partial charge on any atom is -0.343 e. The van der Waals surface area contributed by atoms with Crippen LogP contribution in [0.1, 0.15) is 69.2 Å². The van der Waals surface area contributed by atoms with Crippen molar-refractivity contribution >= 4 is 17.7 Å². The minimum atomic E-state index is -1.24. The number of likely N-dealkylation sites (tertiary alicyclic amines) is 2. The molecule has 7 heteroatoms. The van der Waals surface area contributed by atoms with Gasteiger partial charge in [-0.05, 0) is 22.6 Å². The normalized spacial score (nSPS) is 21.7. The van der Waals surface area contributed by atoms with Crippen molar-refractivity contribution < 1.29 is 18.8 Å². The summed E-state index contributed by atoms with van der Waals surface area (Å²) in [6.45, 7) is 8.64. The van der Waals surface area contributed by atoms with Gasteiger partial charge in [-0.2, -0.15) is 0 Å². The highest BCUT2D eigenvalue weighted by atomic mass is 19.1. The van der Waals surface area contributed by atoms with Crippen LogP contribution in [-0.4, -0.2) is 59.4 Å². The maximum absolute atomic E-state index is 14.5. The van der Waals surface area contributed by atoms with E-state index in [1.165, 1.54) is 17.4 Å². The van der Waals surface area contributed by atoms with Crippen LogP contribution >= 0.6 is 0 Å². The van der Waals surface area contributed by atoms with Crippen LogP contribution < -0.4 is 5.32 Å². The average molecular weight is 494 g/mol. The summed E-state index contributed by atoms with van der Waals surface area (Å²) in [5.74, 6) is -0.216. The highest BCUT2D eigenvalue weighted by Gasteiger charge is 2.46. The van der Waals surface area contributed by atoms with E-state index in [1.54, 1.807) is 4.90 Å². The molecule has 1 N–H and O–H groups in total. The molecular formula is C29H36FN3O3. The summed E-state index contributed by atoms with van der Waals surface area (Å²) in [6.07, 6.45) is -1.07. The van der Waals surface area contributed by atoms with Crippen molar-refractivity contribution in [3.8, 4) is 0 Å². The molecule has 0 aromatic heterocycles. The molecule has 2 fully saturated rings. The molecule has 3 unspecified atom stereocenters. The van der Waals surface area contributed by atoms with Crippen molar-refractivity contribution in [2.45, 2.75) is 64.7 Å². The summed E-state index contributed by atoms with van der Waals surface area (Å²) in [4.78, 5) is 41.3. The summed E-state index contributed by atoms with van der Waals surface area (Å²) in [5, 5.41) is 3.11. The van der Waals surface area contributed by atoms with Crippen molar-refractivity contribution in [2.75, 3.05) is 19.6 Å². The van der Waals surface area contributed by atoms with E-state index in [2.05, 4.69) is 31.3 Å². The molecule has 0 saturated carbocycles. The molecule has 2 aromatic carbocycles. The maximum Gasteiger partial charge on any atom is 0.243 e. The van der Waals surface area contributed by atoms with E-state index in [0.717, 1.165) is 11.1 Å². The first-order valence-corrected chi connectivity index (χ1v) is 12.7. The van der Waals surface area contributed by atoms with Crippen LogP contribution in [0, 0.1) is 5.41 Å². The highest BCUT2D eigenvalue weighted by molar-refractivity contribution is 5.89. The van der Waals surface area contributed by atoms with Crippen LogP contribution in [0.2, 0.25) is 0 Å². The quantitative estimate of drug-likeness (QED) is 0.628. The van der Waals surface area contributed by atoms with E-state index in [-0.39, 0.29) is 42.5 Å². The van der Waals surface area contributed by atoms with Gasteiger partial charge in [-0.15, -0.1) is 0 Å². The fourth-order valence-corrected chi connectivity index (χ4v) is 5.30. The number of nitrogens with one attached hydrogen (secondary N) is 1. The van der Waals surface area contributed by atoms with Crippen molar-refractivity contribution in [2.24, 2.45) is 5.41 Å². The predicted octanol–water partition coefficient (Wildman–Crippen LogP) is 4.21. The van der Waals surface area contributed by atoms with Crippen LogP contribution in [0.25, 0.3) is 0 Å². The topological polar surface area (TPSA) is 69.7 Å². The first-order chi connectivity index (χ1) is 17.1. The number of carbonyl (C=O) groups excluding carboxylic acids is 3. The Kier molecular flexibility index (Phi) is 7.48. The third-order valence-corrected chi connectivity index (χ3v) is 7.40. The minimum absolute atomic E-state index is 0.0122. The fraction of sp³-hybridized carbons (Fsp3) is 0.483. The second kappa shape index (κ2) is 10.4. The summed E-state index contributed by atoms with van der Waals surface area (Å²) < 4.78 is 14.5. The van der Waals surface area contributed by atoms with Crippen molar-refractivity contribution in [1.82, 2.24) is 15.1 Å². The molecule has 192 valence electrons. The second-order valence-electron chi connectivity index (χ2n) is 10.9. The molecule has 3 atom stereocenters. The number of nitrogens with zero attached hydrogens (tertiary/aromatic N) is 2. The van der Waals surface area contributed by atoms with Gasteiger partial charge in [0, 0.05) is 38.3 Å². The number of carbonyl (C=O) groups is 3. The zero-order valence-corrected chi connectivity index (χ0v) is 21.5. The summed E-state index contributed by atoms with van der Waals surface area (Å²) in [7, 11) is 0. The molecule has 4 rings (SSSR count). The molecular weight excluding hydrogens is 457 g/mol. The van der Waals surface area contributed by atoms with Crippen LogP contribution in [0.5, 0.6) is 0 Å². The summed E-state index contributed by atoms with van der Waals surface area (Å²) in [6, 6.07) is 16.6. The number of halogens is 1. The van der Waals surface area contributed by atoms with E-state index in [1.807, 2.05) is 49.4 Å². The molecule has 2 aliphatic rings. The number of hydrogen-bond donors (Lipinski definition) is 1. The van der Waals surface area contributed by atoms with Gasteiger partial charge in [0.05, 0.1) is 12.6 Å². The smallest absolute Gasteiger partial charge is 0.243 e. The van der Waals surface area contributed by atoms with Gasteiger partial charge >= 0.3 is 0 Å². The molecule has 3 amide bonds. The Bertz CT molecular complexity index is 1100. The lowest BCUT2D eigenvalue weighted by Crippen LogP contribution is -2.58. The van der Waals surface area contributed by atoms with Crippen LogP contribution in [0.3, 0.4) is 0 Å². The Labute approximate surface area is 212 Å². The van der Waals surface area contributed by atoms with E-state index < -0.39 is 18.3 Å². The Morgan fingerprint density at radius 1 is 1.00 bits per heavy atom. The SMILES string of the molecule is CC(=O)N1CC(C)(CC(=O)N2CC(F)CC2C(=O)NC(c2ccccc2)c2ccc(C(C)C)cc2)C1. The van der Waals surface area contributed by atoms with Crippen molar-refractivity contribution in [1.29, 1.82) is 0 Å². The summed E-state index contributed by atoms with van der Waals surface area (Å²) in [5.41, 5.74) is 2.71. The number of amides is 3. The largest absolute Gasteiger partial charge is 0.343 e. The van der Waals surface area contributed by atoms with Crippen LogP contribution in [0.4, 0.5) is 4.39 Å². The zero-order chi connectivity index (χ0) is 26.0. The zero-order valence-electron chi connectivity index (χ0n) is 21.5. The lowest BCUT2D eigenvalue weighted by molar-refractivity contribution is -0.148. The Morgan fingerprint density at radius 2 is 1.58 bits per heavy atom. The highest BCUT2D eigenvalue weighted by Crippen LogP contribution is 2.35.